The average Bonchev–Trinajstić information content (AvgIpc) is 2.15. The van der Waals surface area contributed by atoms with Gasteiger partial charge >= 0.3 is 6.18 Å². The van der Waals surface area contributed by atoms with Crippen molar-refractivity contribution >= 4 is 12.0 Å². The fourth-order valence-electron chi connectivity index (χ4n) is 0.975. The lowest BCUT2D eigenvalue weighted by atomic mass is 10.1. The van der Waals surface area contributed by atoms with Crippen LogP contribution in [0.2, 0.25) is 0 Å². The summed E-state index contributed by atoms with van der Waals surface area (Å²) in [6.07, 6.45) is -6.31. The van der Waals surface area contributed by atoms with Crippen molar-refractivity contribution in [2.24, 2.45) is 0 Å². The van der Waals surface area contributed by atoms with Gasteiger partial charge in [-0.1, -0.05) is 0 Å². The highest BCUT2D eigenvalue weighted by Crippen LogP contribution is 2.28. The number of halogens is 3. The van der Waals surface area contributed by atoms with Gasteiger partial charge in [-0.3, -0.25) is 4.79 Å². The third kappa shape index (κ3) is 2.97. The second kappa shape index (κ2) is 4.21. The summed E-state index contributed by atoms with van der Waals surface area (Å²) in [6.45, 7) is 0. The van der Waals surface area contributed by atoms with E-state index in [9.17, 15) is 27.9 Å². The number of carbonyl (C=O) groups excluding carboxylic acids is 2. The predicted octanol–water partition coefficient (Wildman–Crippen LogP) is 0.778. The molecule has 1 aromatic rings. The third-order valence-electron chi connectivity index (χ3n) is 1.69. The van der Waals surface area contributed by atoms with E-state index in [0.29, 0.717) is 12.1 Å². The molecule has 0 spiro atoms. The highest BCUT2D eigenvalue weighted by molar-refractivity contribution is 6.01. The molecular weight excluding hydrogens is 227 g/mol. The number of carboxylic acid groups (broad SMARTS) is 1. The number of hydrogen-bond donors (Lipinski definition) is 1. The second-order valence-corrected chi connectivity index (χ2v) is 2.82. The van der Waals surface area contributed by atoms with Crippen LogP contribution in [-0.4, -0.2) is 12.0 Å². The zero-order valence-electron chi connectivity index (χ0n) is 7.67. The summed E-state index contributed by atoms with van der Waals surface area (Å²) in [5.41, 5.74) is -1.12. The minimum Gasteiger partial charge on any atom is -0.530 e. The van der Waals surface area contributed by atoms with Crippen LogP contribution in [0.15, 0.2) is 24.3 Å². The van der Waals surface area contributed by atoms with Crippen LogP contribution in [0.3, 0.4) is 0 Å². The van der Waals surface area contributed by atoms with Gasteiger partial charge in [-0.2, -0.15) is 13.2 Å². The number of nitrogens with one attached hydrogen (secondary N) is 1. The standard InChI is InChI=1S/C9H6F3NO3/c10-9(11,12)6-3-1-5(2-4-6)7(14)13-8(15)16/h1-4H,(H,13,14)(H,15,16)/p-1. The van der Waals surface area contributed by atoms with E-state index in [1.54, 1.807) is 0 Å². The van der Waals surface area contributed by atoms with E-state index in [0.717, 1.165) is 12.1 Å². The molecule has 0 aromatic heterocycles. The van der Waals surface area contributed by atoms with Crippen LogP contribution in [0.5, 0.6) is 0 Å². The molecule has 1 N–H and O–H groups in total. The molecule has 0 saturated heterocycles. The predicted molar refractivity (Wildman–Crippen MR) is 44.3 cm³/mol. The molecule has 0 aliphatic rings. The molecule has 4 nitrogen and oxygen atoms in total. The highest BCUT2D eigenvalue weighted by atomic mass is 19.4. The Morgan fingerprint density at radius 2 is 1.62 bits per heavy atom. The Kier molecular flexibility index (Phi) is 3.17. The zero-order valence-corrected chi connectivity index (χ0v) is 7.67. The molecule has 2 amide bonds. The molecule has 0 radical (unpaired) electrons. The van der Waals surface area contributed by atoms with Gasteiger partial charge in [0.05, 0.1) is 5.56 Å². The van der Waals surface area contributed by atoms with Crippen LogP contribution in [0.1, 0.15) is 15.9 Å². The summed E-state index contributed by atoms with van der Waals surface area (Å²) in [4.78, 5) is 21.0. The zero-order chi connectivity index (χ0) is 12.3. The fraction of sp³-hybridized carbons (Fsp3) is 0.111. The maximum atomic E-state index is 12.1. The van der Waals surface area contributed by atoms with Crippen molar-refractivity contribution in [3.8, 4) is 0 Å². The highest BCUT2D eigenvalue weighted by Gasteiger charge is 2.30. The van der Waals surface area contributed by atoms with Gasteiger partial charge in [-0.05, 0) is 24.3 Å². The van der Waals surface area contributed by atoms with Gasteiger partial charge in [0.2, 0.25) is 0 Å². The van der Waals surface area contributed by atoms with E-state index in [1.165, 1.54) is 5.32 Å². The van der Waals surface area contributed by atoms with Crippen LogP contribution in [0.25, 0.3) is 0 Å². The number of amides is 2. The number of imide groups is 1. The Morgan fingerprint density at radius 1 is 1.12 bits per heavy atom. The smallest absolute Gasteiger partial charge is 0.416 e. The summed E-state index contributed by atoms with van der Waals surface area (Å²) in [6, 6.07) is 3.12. The number of rotatable bonds is 1. The number of alkyl halides is 3. The SMILES string of the molecule is O=C([O-])NC(=O)c1ccc(C(F)(F)F)cc1. The van der Waals surface area contributed by atoms with Gasteiger partial charge in [-0.15, -0.1) is 0 Å². The van der Waals surface area contributed by atoms with Crippen LogP contribution in [-0.2, 0) is 6.18 Å². The molecule has 0 aliphatic heterocycles. The van der Waals surface area contributed by atoms with Crippen molar-refractivity contribution in [1.82, 2.24) is 5.32 Å². The number of hydrogen-bond acceptors (Lipinski definition) is 3. The van der Waals surface area contributed by atoms with Gasteiger partial charge in [0.15, 0.2) is 0 Å². The molecule has 16 heavy (non-hydrogen) atoms. The van der Waals surface area contributed by atoms with Crippen molar-refractivity contribution in [2.75, 3.05) is 0 Å². The van der Waals surface area contributed by atoms with Crippen LogP contribution >= 0.6 is 0 Å². The lowest BCUT2D eigenvalue weighted by molar-refractivity contribution is -0.249. The summed E-state index contributed by atoms with van der Waals surface area (Å²) in [7, 11) is 0. The summed E-state index contributed by atoms with van der Waals surface area (Å²) in [5, 5.41) is 11.4. The summed E-state index contributed by atoms with van der Waals surface area (Å²) in [5.74, 6) is -1.03. The first-order chi connectivity index (χ1) is 7.30. The molecule has 0 aliphatic carbocycles. The van der Waals surface area contributed by atoms with Crippen LogP contribution in [0.4, 0.5) is 18.0 Å². The Balaban J connectivity index is 2.87. The third-order valence-corrected chi connectivity index (χ3v) is 1.69. The summed E-state index contributed by atoms with van der Waals surface area (Å²) < 4.78 is 36.4. The average molecular weight is 232 g/mol. The van der Waals surface area contributed by atoms with Crippen LogP contribution in [0, 0.1) is 0 Å². The van der Waals surface area contributed by atoms with Crippen LogP contribution < -0.4 is 10.4 Å². The first-order valence-corrected chi connectivity index (χ1v) is 4.00. The normalized spacial score (nSPS) is 10.9. The first-order valence-electron chi connectivity index (χ1n) is 4.00. The molecule has 0 bridgehead atoms. The van der Waals surface area contributed by atoms with Gasteiger partial charge in [0.25, 0.3) is 5.91 Å². The van der Waals surface area contributed by atoms with E-state index in [1.807, 2.05) is 0 Å². The Bertz CT molecular complexity index is 411. The van der Waals surface area contributed by atoms with E-state index < -0.39 is 23.7 Å². The van der Waals surface area contributed by atoms with Crippen molar-refractivity contribution in [1.29, 1.82) is 0 Å². The molecule has 86 valence electrons. The minimum atomic E-state index is -4.50. The Morgan fingerprint density at radius 3 is 2.00 bits per heavy atom. The molecule has 7 heteroatoms. The monoisotopic (exact) mass is 232 g/mol. The molecule has 1 rings (SSSR count). The number of carbonyl (C=O) groups is 2. The van der Waals surface area contributed by atoms with Crippen molar-refractivity contribution < 1.29 is 27.9 Å². The minimum absolute atomic E-state index is 0.197. The van der Waals surface area contributed by atoms with Crippen molar-refractivity contribution in [3.63, 3.8) is 0 Å². The molecule has 0 saturated carbocycles. The Hall–Kier alpha value is -2.05. The van der Waals surface area contributed by atoms with Gasteiger partial charge < -0.3 is 15.2 Å². The second-order valence-electron chi connectivity index (χ2n) is 2.82. The van der Waals surface area contributed by atoms with E-state index >= 15 is 0 Å². The van der Waals surface area contributed by atoms with Crippen molar-refractivity contribution in [2.45, 2.75) is 6.18 Å². The maximum absolute atomic E-state index is 12.1. The lowest BCUT2D eigenvalue weighted by Gasteiger charge is -2.08. The summed E-state index contributed by atoms with van der Waals surface area (Å²) >= 11 is 0. The molecule has 0 fully saturated rings. The number of benzene rings is 1. The molecular formula is C9H5F3NO3-. The van der Waals surface area contributed by atoms with E-state index in [2.05, 4.69) is 0 Å². The van der Waals surface area contributed by atoms with Crippen molar-refractivity contribution in [3.05, 3.63) is 35.4 Å². The van der Waals surface area contributed by atoms with Gasteiger partial charge in [-0.25, -0.2) is 0 Å². The van der Waals surface area contributed by atoms with Gasteiger partial charge in [0, 0.05) is 5.56 Å². The fourth-order valence-corrected chi connectivity index (χ4v) is 0.975. The molecule has 0 heterocycles. The van der Waals surface area contributed by atoms with E-state index in [-0.39, 0.29) is 5.56 Å². The first kappa shape index (κ1) is 12.0. The van der Waals surface area contributed by atoms with Gasteiger partial charge in [0.1, 0.15) is 6.09 Å². The maximum Gasteiger partial charge on any atom is 0.416 e. The quantitative estimate of drug-likeness (QED) is 0.777. The molecule has 0 unspecified atom stereocenters. The topological polar surface area (TPSA) is 69.2 Å². The largest absolute Gasteiger partial charge is 0.530 e. The molecule has 0 atom stereocenters. The lowest BCUT2D eigenvalue weighted by Crippen LogP contribution is -2.40. The van der Waals surface area contributed by atoms with E-state index in [4.69, 9.17) is 0 Å². The Labute approximate surface area is 87.7 Å². The molecule has 1 aromatic carbocycles.